The molecule has 2 rings (SSSR count). The molecule has 0 bridgehead atoms. The molecule has 1 saturated heterocycles. The van der Waals surface area contributed by atoms with Gasteiger partial charge in [-0.3, -0.25) is 0 Å². The van der Waals surface area contributed by atoms with Crippen LogP contribution in [0.25, 0.3) is 0 Å². The van der Waals surface area contributed by atoms with E-state index in [0.29, 0.717) is 5.56 Å². The van der Waals surface area contributed by atoms with Crippen molar-refractivity contribution in [2.24, 2.45) is 0 Å². The molecule has 0 spiro atoms. The quantitative estimate of drug-likeness (QED) is 0.856. The Morgan fingerprint density at radius 2 is 2.06 bits per heavy atom. The summed E-state index contributed by atoms with van der Waals surface area (Å²) in [6.07, 6.45) is -0.804. The van der Waals surface area contributed by atoms with Crippen molar-refractivity contribution in [1.82, 2.24) is 5.32 Å². The fourth-order valence-electron chi connectivity index (χ4n) is 1.90. The van der Waals surface area contributed by atoms with E-state index in [1.807, 2.05) is 13.0 Å². The number of hydrogen-bond donors (Lipinski definition) is 1. The zero-order valence-electron chi connectivity index (χ0n) is 10.00. The van der Waals surface area contributed by atoms with Gasteiger partial charge in [-0.25, -0.2) is 13.6 Å². The number of benzene rings is 1. The average Bonchev–Trinajstić information content (AvgIpc) is 2.26. The Morgan fingerprint density at radius 3 is 2.72 bits per heavy atom. The van der Waals surface area contributed by atoms with Gasteiger partial charge in [0.1, 0.15) is 6.04 Å². The van der Waals surface area contributed by atoms with Crippen LogP contribution in [0.2, 0.25) is 0 Å². The van der Waals surface area contributed by atoms with E-state index in [9.17, 15) is 13.6 Å². The van der Waals surface area contributed by atoms with Crippen LogP contribution in [0, 0.1) is 13.8 Å². The van der Waals surface area contributed by atoms with Crippen LogP contribution in [0.15, 0.2) is 18.2 Å². The molecule has 1 heterocycles. The van der Waals surface area contributed by atoms with Crippen LogP contribution in [-0.2, 0) is 4.74 Å². The first-order valence-corrected chi connectivity index (χ1v) is 5.29. The molecule has 1 fully saturated rings. The van der Waals surface area contributed by atoms with E-state index in [2.05, 4.69) is 10.1 Å². The van der Waals surface area contributed by atoms with Gasteiger partial charge < -0.3 is 10.1 Å². The molecule has 6 heteroatoms. The van der Waals surface area contributed by atoms with Crippen molar-refractivity contribution in [1.29, 1.82) is 0 Å². The van der Waals surface area contributed by atoms with E-state index < -0.39 is 24.7 Å². The van der Waals surface area contributed by atoms with Gasteiger partial charge in [0.25, 0.3) is 0 Å². The Bertz CT molecular complexity index is 465. The zero-order valence-corrected chi connectivity index (χ0v) is 10.8. The maximum atomic E-state index is 13.7. The first-order chi connectivity index (χ1) is 7.92. The maximum absolute atomic E-state index is 13.7. The van der Waals surface area contributed by atoms with Gasteiger partial charge in [-0.2, -0.15) is 0 Å². The van der Waals surface area contributed by atoms with Crippen LogP contribution in [0.1, 0.15) is 22.7 Å². The molecule has 0 saturated carbocycles. The lowest BCUT2D eigenvalue weighted by Crippen LogP contribution is -2.49. The summed E-state index contributed by atoms with van der Waals surface area (Å²) in [6.45, 7) is 2.73. The Labute approximate surface area is 110 Å². The number of cyclic esters (lactones) is 1. The van der Waals surface area contributed by atoms with E-state index in [1.165, 1.54) is 0 Å². The van der Waals surface area contributed by atoms with Crippen LogP contribution in [-0.4, -0.2) is 18.6 Å². The molecule has 1 aromatic rings. The first-order valence-electron chi connectivity index (χ1n) is 5.29. The molecule has 0 aliphatic carbocycles. The minimum absolute atomic E-state index is 0. The highest BCUT2D eigenvalue weighted by Gasteiger charge is 2.47. The number of amides is 1. The van der Waals surface area contributed by atoms with Crippen molar-refractivity contribution < 1.29 is 18.3 Å². The fourth-order valence-corrected chi connectivity index (χ4v) is 1.90. The molecule has 3 nitrogen and oxygen atoms in total. The number of alkyl halides is 2. The highest BCUT2D eigenvalue weighted by atomic mass is 35.5. The third-order valence-corrected chi connectivity index (χ3v) is 3.04. The second-order valence-corrected chi connectivity index (χ2v) is 4.20. The minimum Gasteiger partial charge on any atom is -0.443 e. The molecule has 100 valence electrons. The standard InChI is InChI=1S/C12H13F2NO2.ClH/c1-7-4-3-5-9(8(7)2)10-12(13,14)6-17-11(16)15-10;/h3-5,10H,6H2,1-2H3,(H,15,16);1H/t10-;/m1./s1. The van der Waals surface area contributed by atoms with Crippen molar-refractivity contribution >= 4 is 18.5 Å². The molecular weight excluding hydrogens is 264 g/mol. The van der Waals surface area contributed by atoms with Crippen molar-refractivity contribution in [3.8, 4) is 0 Å². The number of ether oxygens (including phenoxy) is 1. The highest BCUT2D eigenvalue weighted by molar-refractivity contribution is 5.85. The molecule has 0 aromatic heterocycles. The van der Waals surface area contributed by atoms with Crippen LogP contribution in [0.4, 0.5) is 13.6 Å². The number of nitrogens with one attached hydrogen (secondary N) is 1. The molecule has 0 unspecified atom stereocenters. The van der Waals surface area contributed by atoms with Crippen LogP contribution in [0.5, 0.6) is 0 Å². The molecule has 1 aliphatic heterocycles. The topological polar surface area (TPSA) is 38.3 Å². The smallest absolute Gasteiger partial charge is 0.408 e. The van der Waals surface area contributed by atoms with E-state index >= 15 is 0 Å². The lowest BCUT2D eigenvalue weighted by atomic mass is 9.93. The monoisotopic (exact) mass is 277 g/mol. The van der Waals surface area contributed by atoms with Gasteiger partial charge in [-0.05, 0) is 30.5 Å². The normalized spacial score (nSPS) is 21.6. The molecule has 0 radical (unpaired) electrons. The number of aryl methyl sites for hydroxylation is 1. The average molecular weight is 278 g/mol. The fraction of sp³-hybridized carbons (Fsp3) is 0.417. The van der Waals surface area contributed by atoms with Gasteiger partial charge in [0, 0.05) is 0 Å². The number of carbonyl (C=O) groups excluding carboxylic acids is 1. The van der Waals surface area contributed by atoms with E-state index in [0.717, 1.165) is 11.1 Å². The van der Waals surface area contributed by atoms with Crippen molar-refractivity contribution in [2.75, 3.05) is 6.61 Å². The van der Waals surface area contributed by atoms with Crippen LogP contribution >= 0.6 is 12.4 Å². The summed E-state index contributed by atoms with van der Waals surface area (Å²) < 4.78 is 31.7. The second-order valence-electron chi connectivity index (χ2n) is 4.20. The molecule has 1 aliphatic rings. The van der Waals surface area contributed by atoms with Gasteiger partial charge in [-0.15, -0.1) is 12.4 Å². The molecule has 1 atom stereocenters. The molecule has 18 heavy (non-hydrogen) atoms. The summed E-state index contributed by atoms with van der Waals surface area (Å²) in [5.41, 5.74) is 2.12. The van der Waals surface area contributed by atoms with Crippen LogP contribution in [0.3, 0.4) is 0 Å². The largest absolute Gasteiger partial charge is 0.443 e. The molecule has 1 amide bonds. The van der Waals surface area contributed by atoms with E-state index in [1.54, 1.807) is 19.1 Å². The predicted octanol–water partition coefficient (Wildman–Crippen LogP) is 3.14. The molecule has 1 N–H and O–H groups in total. The second kappa shape index (κ2) is 5.10. The third-order valence-electron chi connectivity index (χ3n) is 3.04. The number of carbonyl (C=O) groups is 1. The Morgan fingerprint density at radius 1 is 1.39 bits per heavy atom. The van der Waals surface area contributed by atoms with Crippen molar-refractivity contribution in [2.45, 2.75) is 25.8 Å². The maximum Gasteiger partial charge on any atom is 0.408 e. The van der Waals surface area contributed by atoms with Gasteiger partial charge in [0.2, 0.25) is 0 Å². The zero-order chi connectivity index (χ0) is 12.6. The lowest BCUT2D eigenvalue weighted by molar-refractivity contribution is -0.104. The number of rotatable bonds is 1. The van der Waals surface area contributed by atoms with Crippen molar-refractivity contribution in [3.05, 3.63) is 34.9 Å². The first kappa shape index (κ1) is 14.7. The Kier molecular flexibility index (Phi) is 4.16. The van der Waals surface area contributed by atoms with Gasteiger partial charge >= 0.3 is 12.0 Å². The summed E-state index contributed by atoms with van der Waals surface area (Å²) in [5, 5.41) is 2.18. The Balaban J connectivity index is 0.00000162. The number of halogens is 3. The third kappa shape index (κ3) is 2.56. The summed E-state index contributed by atoms with van der Waals surface area (Å²) in [4.78, 5) is 11.1. The van der Waals surface area contributed by atoms with Gasteiger partial charge in [0.05, 0.1) is 0 Å². The summed E-state index contributed by atoms with van der Waals surface area (Å²) in [7, 11) is 0. The summed E-state index contributed by atoms with van der Waals surface area (Å²) >= 11 is 0. The highest BCUT2D eigenvalue weighted by Crippen LogP contribution is 2.36. The number of alkyl carbamates (subject to hydrolysis) is 1. The van der Waals surface area contributed by atoms with Gasteiger partial charge in [0.15, 0.2) is 6.61 Å². The summed E-state index contributed by atoms with van der Waals surface area (Å²) in [6, 6.07) is 3.84. The summed E-state index contributed by atoms with van der Waals surface area (Å²) in [5.74, 6) is -3.09. The molecule has 1 aromatic carbocycles. The minimum atomic E-state index is -3.09. The lowest BCUT2D eigenvalue weighted by Gasteiger charge is -2.32. The van der Waals surface area contributed by atoms with Crippen molar-refractivity contribution in [3.63, 3.8) is 0 Å². The van der Waals surface area contributed by atoms with E-state index in [4.69, 9.17) is 0 Å². The SMILES string of the molecule is Cc1cccc([C@H]2NC(=O)OCC2(F)F)c1C.Cl. The van der Waals surface area contributed by atoms with E-state index in [-0.39, 0.29) is 12.4 Å². The predicted molar refractivity (Wildman–Crippen MR) is 65.3 cm³/mol. The van der Waals surface area contributed by atoms with Gasteiger partial charge in [-0.1, -0.05) is 18.2 Å². The Hall–Kier alpha value is -1.36. The number of hydrogen-bond acceptors (Lipinski definition) is 2. The van der Waals surface area contributed by atoms with Crippen LogP contribution < -0.4 is 5.32 Å². The molecular formula is C12H14ClF2NO2.